The maximum absolute atomic E-state index is 12.7. The molecule has 0 unspecified atom stereocenters. The van der Waals surface area contributed by atoms with Gasteiger partial charge >= 0.3 is 0 Å². The van der Waals surface area contributed by atoms with Gasteiger partial charge < -0.3 is 0 Å². The first-order chi connectivity index (χ1) is 14.1. The normalized spacial score (nSPS) is 15.6. The number of amides is 1. The van der Waals surface area contributed by atoms with E-state index < -0.39 is 0 Å². The van der Waals surface area contributed by atoms with Crippen molar-refractivity contribution in [3.05, 3.63) is 40.7 Å². The number of thioether (sulfide) groups is 1. The Morgan fingerprint density at radius 2 is 1.76 bits per heavy atom. The monoisotopic (exact) mass is 410 g/mol. The van der Waals surface area contributed by atoms with Crippen molar-refractivity contribution in [1.29, 1.82) is 0 Å². The van der Waals surface area contributed by atoms with Gasteiger partial charge in [0.15, 0.2) is 5.82 Å². The molecular weight excluding hydrogens is 384 g/mol. The lowest BCUT2D eigenvalue weighted by molar-refractivity contribution is -0.118. The van der Waals surface area contributed by atoms with Crippen LogP contribution in [0.25, 0.3) is 0 Å². The third-order valence-corrected chi connectivity index (χ3v) is 6.54. The van der Waals surface area contributed by atoms with E-state index >= 15 is 0 Å². The van der Waals surface area contributed by atoms with E-state index in [0.717, 1.165) is 23.4 Å². The van der Waals surface area contributed by atoms with E-state index in [-0.39, 0.29) is 11.8 Å². The third-order valence-electron chi connectivity index (χ3n) is 5.47. The highest BCUT2D eigenvalue weighted by molar-refractivity contribution is 8.14. The highest BCUT2D eigenvalue weighted by Gasteiger charge is 2.33. The van der Waals surface area contributed by atoms with E-state index in [4.69, 9.17) is 0 Å². The Labute approximate surface area is 175 Å². The summed E-state index contributed by atoms with van der Waals surface area (Å²) in [5.41, 5.74) is 3.76. The molecule has 1 aromatic heterocycles. The molecule has 29 heavy (non-hydrogen) atoms. The molecule has 1 aliphatic carbocycles. The first kappa shape index (κ1) is 19.9. The molecular formula is C22H26N4O2S. The number of benzene rings is 1. The summed E-state index contributed by atoms with van der Waals surface area (Å²) in [5.74, 6) is 1.00. The van der Waals surface area contributed by atoms with Crippen LogP contribution in [0.3, 0.4) is 0 Å². The first-order valence-corrected chi connectivity index (χ1v) is 11.2. The Morgan fingerprint density at radius 3 is 2.45 bits per heavy atom. The molecule has 1 aromatic carbocycles. The number of aromatic nitrogens is 2. The summed E-state index contributed by atoms with van der Waals surface area (Å²) in [6, 6.07) is 6.46. The lowest BCUT2D eigenvalue weighted by Gasteiger charge is -2.23. The van der Waals surface area contributed by atoms with Crippen molar-refractivity contribution in [2.75, 3.05) is 5.01 Å². The van der Waals surface area contributed by atoms with Crippen LogP contribution >= 0.6 is 11.8 Å². The minimum absolute atomic E-state index is 0.0151. The molecule has 6 nitrogen and oxygen atoms in total. The fourth-order valence-electron chi connectivity index (χ4n) is 3.88. The number of anilines is 1. The number of fused-ring (bicyclic) bond motifs is 2. The minimum atomic E-state index is -0.127. The van der Waals surface area contributed by atoms with Crippen molar-refractivity contribution in [1.82, 2.24) is 9.55 Å². The third kappa shape index (κ3) is 3.52. The Hall–Kier alpha value is -2.41. The summed E-state index contributed by atoms with van der Waals surface area (Å²) >= 11 is 1.43. The maximum atomic E-state index is 12.7. The lowest BCUT2D eigenvalue weighted by Crippen LogP contribution is -2.29. The SMILES string of the molecule is CCC(=O)N1N=C(c2ccc3c(c2)CCCC3)Sc2c1nc(CC)n2C(=O)CC. The standard InChI is InChI=1S/C22H26N4O2S/c1-4-17-23-20-22(25(17)18(27)5-2)29-21(24-26(20)19(28)6-3)16-12-11-14-9-7-8-10-15(14)13-16/h11-13H,4-10H2,1-3H3. The Bertz CT molecular complexity index is 1010. The average molecular weight is 411 g/mol. The second-order valence-corrected chi connectivity index (χ2v) is 8.33. The molecule has 2 aliphatic rings. The minimum Gasteiger partial charge on any atom is -0.274 e. The molecule has 0 radical (unpaired) electrons. The molecule has 0 spiro atoms. The summed E-state index contributed by atoms with van der Waals surface area (Å²) < 4.78 is 1.67. The molecule has 4 rings (SSSR count). The van der Waals surface area contributed by atoms with Gasteiger partial charge in [0.25, 0.3) is 0 Å². The van der Waals surface area contributed by atoms with Crippen molar-refractivity contribution in [2.45, 2.75) is 70.7 Å². The van der Waals surface area contributed by atoms with Crippen LogP contribution < -0.4 is 5.01 Å². The van der Waals surface area contributed by atoms with Crippen LogP contribution in [0, 0.1) is 0 Å². The van der Waals surface area contributed by atoms with Gasteiger partial charge in [-0.2, -0.15) is 10.1 Å². The highest BCUT2D eigenvalue weighted by Crippen LogP contribution is 2.39. The number of carbonyl (C=O) groups excluding carboxylic acids is 2. The number of rotatable bonds is 4. The zero-order valence-electron chi connectivity index (χ0n) is 17.2. The zero-order valence-corrected chi connectivity index (χ0v) is 18.0. The second-order valence-electron chi connectivity index (χ2n) is 7.35. The van der Waals surface area contributed by atoms with Gasteiger partial charge in [0.05, 0.1) is 0 Å². The van der Waals surface area contributed by atoms with Crippen LogP contribution in [0.2, 0.25) is 0 Å². The van der Waals surface area contributed by atoms with Crippen molar-refractivity contribution >= 4 is 34.4 Å². The fraction of sp³-hybridized carbons (Fsp3) is 0.455. The van der Waals surface area contributed by atoms with E-state index in [1.54, 1.807) is 4.57 Å². The smallest absolute Gasteiger partial charge is 0.248 e. The van der Waals surface area contributed by atoms with Crippen LogP contribution in [0.15, 0.2) is 28.3 Å². The van der Waals surface area contributed by atoms with Gasteiger partial charge in [0.1, 0.15) is 15.9 Å². The van der Waals surface area contributed by atoms with Crippen molar-refractivity contribution < 1.29 is 9.59 Å². The van der Waals surface area contributed by atoms with Gasteiger partial charge in [-0.15, -0.1) is 0 Å². The molecule has 1 amide bonds. The van der Waals surface area contributed by atoms with E-state index in [1.165, 1.54) is 40.7 Å². The Kier molecular flexibility index (Phi) is 5.58. The van der Waals surface area contributed by atoms with Gasteiger partial charge in [-0.25, -0.2) is 4.98 Å². The Balaban J connectivity index is 1.82. The Morgan fingerprint density at radius 1 is 1.03 bits per heavy atom. The van der Waals surface area contributed by atoms with E-state index in [1.807, 2.05) is 20.8 Å². The quantitative estimate of drug-likeness (QED) is 0.740. The van der Waals surface area contributed by atoms with E-state index in [2.05, 4.69) is 28.3 Å². The van der Waals surface area contributed by atoms with Crippen LogP contribution in [0.5, 0.6) is 0 Å². The molecule has 0 N–H and O–H groups in total. The van der Waals surface area contributed by atoms with E-state index in [0.29, 0.717) is 35.9 Å². The average Bonchev–Trinajstić information content (AvgIpc) is 3.15. The number of carbonyl (C=O) groups is 2. The summed E-state index contributed by atoms with van der Waals surface area (Å²) in [7, 11) is 0. The van der Waals surface area contributed by atoms with Crippen molar-refractivity contribution in [3.63, 3.8) is 0 Å². The predicted molar refractivity (Wildman–Crippen MR) is 116 cm³/mol. The first-order valence-electron chi connectivity index (χ1n) is 10.4. The lowest BCUT2D eigenvalue weighted by atomic mass is 9.90. The number of aryl methyl sites for hydroxylation is 3. The zero-order chi connectivity index (χ0) is 20.5. The van der Waals surface area contributed by atoms with Gasteiger partial charge in [0, 0.05) is 24.8 Å². The summed E-state index contributed by atoms with van der Waals surface area (Å²) in [5, 5.41) is 7.48. The van der Waals surface area contributed by atoms with Crippen molar-refractivity contribution in [3.8, 4) is 0 Å². The van der Waals surface area contributed by atoms with Gasteiger partial charge in [-0.05, 0) is 54.6 Å². The number of nitrogens with zero attached hydrogens (tertiary/aromatic N) is 4. The van der Waals surface area contributed by atoms with Gasteiger partial charge in [-0.3, -0.25) is 14.2 Å². The summed E-state index contributed by atoms with van der Waals surface area (Å²) in [4.78, 5) is 29.9. The molecule has 2 heterocycles. The topological polar surface area (TPSA) is 67.6 Å². The number of hydrogen-bond donors (Lipinski definition) is 0. The molecule has 0 bridgehead atoms. The molecule has 2 aromatic rings. The molecule has 0 fully saturated rings. The van der Waals surface area contributed by atoms with Gasteiger partial charge in [-0.1, -0.05) is 32.9 Å². The summed E-state index contributed by atoms with van der Waals surface area (Å²) in [6.07, 6.45) is 5.96. The van der Waals surface area contributed by atoms with Crippen LogP contribution in [0.1, 0.15) is 73.8 Å². The van der Waals surface area contributed by atoms with Gasteiger partial charge in [0.2, 0.25) is 11.8 Å². The number of imidazole rings is 1. The van der Waals surface area contributed by atoms with Crippen LogP contribution in [0.4, 0.5) is 5.82 Å². The summed E-state index contributed by atoms with van der Waals surface area (Å²) in [6.45, 7) is 5.62. The molecule has 1 aliphatic heterocycles. The second kappa shape index (κ2) is 8.14. The molecule has 7 heteroatoms. The fourth-order valence-corrected chi connectivity index (χ4v) is 4.95. The van der Waals surface area contributed by atoms with Crippen molar-refractivity contribution in [2.24, 2.45) is 5.10 Å². The molecule has 0 atom stereocenters. The van der Waals surface area contributed by atoms with Crippen LogP contribution in [-0.2, 0) is 24.1 Å². The van der Waals surface area contributed by atoms with E-state index in [9.17, 15) is 9.59 Å². The molecule has 0 saturated carbocycles. The number of hydrogen-bond acceptors (Lipinski definition) is 5. The molecule has 152 valence electrons. The van der Waals surface area contributed by atoms with Crippen LogP contribution in [-0.4, -0.2) is 26.4 Å². The number of hydrazone groups is 1. The molecule has 0 saturated heterocycles. The maximum Gasteiger partial charge on any atom is 0.248 e. The highest BCUT2D eigenvalue weighted by atomic mass is 32.2. The largest absolute Gasteiger partial charge is 0.274 e. The predicted octanol–water partition coefficient (Wildman–Crippen LogP) is 4.59.